The van der Waals surface area contributed by atoms with Crippen LogP contribution < -0.4 is 15.4 Å². The minimum atomic E-state index is -0.323. The van der Waals surface area contributed by atoms with Crippen LogP contribution in [0.25, 0.3) is 33.3 Å². The van der Waals surface area contributed by atoms with Crippen LogP contribution >= 0.6 is 0 Å². The topological polar surface area (TPSA) is 105 Å². The molecule has 0 spiro atoms. The van der Waals surface area contributed by atoms with Crippen molar-refractivity contribution in [3.63, 3.8) is 0 Å². The van der Waals surface area contributed by atoms with E-state index in [1.807, 2.05) is 43.7 Å². The lowest BCUT2D eigenvalue weighted by Crippen LogP contribution is -2.14. The van der Waals surface area contributed by atoms with E-state index in [9.17, 15) is 4.79 Å². The highest BCUT2D eigenvalue weighted by Crippen LogP contribution is 2.34. The second-order valence-electron chi connectivity index (χ2n) is 8.30. The fraction of sp³-hybridized carbons (Fsp3) is 0.231. The lowest BCUT2D eigenvalue weighted by molar-refractivity contribution is -0.111. The van der Waals surface area contributed by atoms with Crippen LogP contribution in [0.3, 0.4) is 0 Å². The number of anilines is 2. The van der Waals surface area contributed by atoms with E-state index >= 15 is 0 Å². The third kappa shape index (κ3) is 4.47. The zero-order valence-electron chi connectivity index (χ0n) is 19.0. The smallest absolute Gasteiger partial charge is 0.248 e. The molecule has 4 aromatic rings. The summed E-state index contributed by atoms with van der Waals surface area (Å²) in [5.41, 5.74) is 4.60. The first-order valence-electron chi connectivity index (χ1n) is 11.4. The number of hydrogen-bond acceptors (Lipinski definition) is 6. The molecular weight excluding hydrogens is 428 g/mol. The van der Waals surface area contributed by atoms with Crippen LogP contribution in [0, 0.1) is 0 Å². The van der Waals surface area contributed by atoms with Crippen molar-refractivity contribution in [3.8, 4) is 28.1 Å². The normalized spacial score (nSPS) is 13.7. The van der Waals surface area contributed by atoms with E-state index in [0.29, 0.717) is 11.7 Å². The Bertz CT molecular complexity index is 1360. The van der Waals surface area contributed by atoms with Crippen LogP contribution in [0.15, 0.2) is 61.6 Å². The highest BCUT2D eigenvalue weighted by molar-refractivity contribution is 5.99. The minimum absolute atomic E-state index is 0.149. The summed E-state index contributed by atoms with van der Waals surface area (Å²) < 4.78 is 6.16. The molecule has 4 heterocycles. The molecule has 4 aromatic heterocycles. The molecule has 5 rings (SSSR count). The van der Waals surface area contributed by atoms with Crippen molar-refractivity contribution in [2.75, 3.05) is 17.7 Å². The van der Waals surface area contributed by atoms with Gasteiger partial charge in [0.2, 0.25) is 11.8 Å². The van der Waals surface area contributed by atoms with Crippen LogP contribution in [-0.2, 0) is 4.79 Å². The van der Waals surface area contributed by atoms with Crippen LogP contribution in [-0.4, -0.2) is 39.0 Å². The van der Waals surface area contributed by atoms with Gasteiger partial charge >= 0.3 is 0 Å². The average molecular weight is 455 g/mol. The van der Waals surface area contributed by atoms with Crippen molar-refractivity contribution in [3.05, 3.63) is 61.6 Å². The number of ether oxygens (including phenoxy) is 1. The molecule has 0 saturated heterocycles. The van der Waals surface area contributed by atoms with Crippen LogP contribution in [0.5, 0.6) is 5.88 Å². The van der Waals surface area contributed by atoms with Crippen molar-refractivity contribution >= 4 is 28.6 Å². The zero-order chi connectivity index (χ0) is 23.5. The minimum Gasteiger partial charge on any atom is -0.474 e. The van der Waals surface area contributed by atoms with E-state index in [2.05, 4.69) is 43.2 Å². The SMILES string of the molecule is C=CC(=O)Nc1cc(-c2cnc3[nH]cc(-c4ccnc(NC)c4)c3c2)cc(OC2CCCC2)n1. The van der Waals surface area contributed by atoms with Gasteiger partial charge in [-0.15, -0.1) is 0 Å². The van der Waals surface area contributed by atoms with Gasteiger partial charge in [0.15, 0.2) is 0 Å². The Balaban J connectivity index is 1.56. The van der Waals surface area contributed by atoms with Gasteiger partial charge in [-0.2, -0.15) is 4.98 Å². The van der Waals surface area contributed by atoms with Gasteiger partial charge in [-0.05, 0) is 67.2 Å². The first-order valence-corrected chi connectivity index (χ1v) is 11.4. The Kier molecular flexibility index (Phi) is 5.95. The fourth-order valence-corrected chi connectivity index (χ4v) is 4.29. The van der Waals surface area contributed by atoms with E-state index in [-0.39, 0.29) is 12.0 Å². The lowest BCUT2D eigenvalue weighted by atomic mass is 10.0. The first-order chi connectivity index (χ1) is 16.6. The number of carbonyl (C=O) groups is 1. The Morgan fingerprint density at radius 2 is 1.94 bits per heavy atom. The Morgan fingerprint density at radius 3 is 2.74 bits per heavy atom. The number of nitrogens with one attached hydrogen (secondary N) is 3. The molecule has 8 heteroatoms. The molecule has 0 aromatic carbocycles. The number of aromatic nitrogens is 4. The standard InChI is InChI=1S/C26H26N6O2/c1-3-24(33)31-23-12-17(13-25(32-23)34-19-6-4-5-7-19)18-10-20-21(15-30-26(20)29-14-18)16-8-9-28-22(11-16)27-2/h3,8-15,19H,1,4-7H2,2H3,(H,27,28)(H,29,30)(H,31,32,33). The van der Waals surface area contributed by atoms with E-state index in [0.717, 1.165) is 64.8 Å². The summed E-state index contributed by atoms with van der Waals surface area (Å²) in [4.78, 5) is 28.6. The zero-order valence-corrected chi connectivity index (χ0v) is 19.0. The quantitative estimate of drug-likeness (QED) is 0.333. The summed E-state index contributed by atoms with van der Waals surface area (Å²) in [5, 5.41) is 6.82. The summed E-state index contributed by atoms with van der Waals surface area (Å²) in [5.74, 6) is 1.38. The molecule has 1 fully saturated rings. The van der Waals surface area contributed by atoms with Crippen LogP contribution in [0.2, 0.25) is 0 Å². The Morgan fingerprint density at radius 1 is 1.12 bits per heavy atom. The summed E-state index contributed by atoms with van der Waals surface area (Å²) in [6.07, 6.45) is 11.3. The van der Waals surface area contributed by atoms with Crippen LogP contribution in [0.1, 0.15) is 25.7 Å². The molecule has 0 atom stereocenters. The largest absolute Gasteiger partial charge is 0.474 e. The molecule has 172 valence electrons. The van der Waals surface area contributed by atoms with Crippen molar-refractivity contribution in [2.45, 2.75) is 31.8 Å². The molecule has 34 heavy (non-hydrogen) atoms. The first kappa shape index (κ1) is 21.6. The molecule has 1 aliphatic carbocycles. The van der Waals surface area contributed by atoms with Gasteiger partial charge in [0.1, 0.15) is 23.4 Å². The second-order valence-corrected chi connectivity index (χ2v) is 8.30. The maximum atomic E-state index is 11.9. The lowest BCUT2D eigenvalue weighted by Gasteiger charge is -2.15. The number of carbonyl (C=O) groups excluding carboxylic acids is 1. The molecule has 0 unspecified atom stereocenters. The van der Waals surface area contributed by atoms with Crippen molar-refractivity contribution < 1.29 is 9.53 Å². The highest BCUT2D eigenvalue weighted by Gasteiger charge is 2.19. The van der Waals surface area contributed by atoms with Crippen molar-refractivity contribution in [1.29, 1.82) is 0 Å². The van der Waals surface area contributed by atoms with Gasteiger partial charge in [0.05, 0.1) is 0 Å². The number of hydrogen-bond donors (Lipinski definition) is 3. The number of fused-ring (bicyclic) bond motifs is 1. The molecule has 3 N–H and O–H groups in total. The number of rotatable bonds is 7. The maximum Gasteiger partial charge on any atom is 0.248 e. The third-order valence-corrected chi connectivity index (χ3v) is 6.02. The number of nitrogens with zero attached hydrogens (tertiary/aromatic N) is 3. The molecule has 1 saturated carbocycles. The predicted molar refractivity (Wildman–Crippen MR) is 134 cm³/mol. The van der Waals surface area contributed by atoms with Crippen LogP contribution in [0.4, 0.5) is 11.6 Å². The maximum absolute atomic E-state index is 11.9. The van der Waals surface area contributed by atoms with Gasteiger partial charge in [-0.3, -0.25) is 4.79 Å². The van der Waals surface area contributed by atoms with Gasteiger partial charge in [0.25, 0.3) is 0 Å². The van der Waals surface area contributed by atoms with E-state index in [1.54, 1.807) is 6.20 Å². The summed E-state index contributed by atoms with van der Waals surface area (Å²) in [6.45, 7) is 3.53. The van der Waals surface area contributed by atoms with E-state index < -0.39 is 0 Å². The molecular formula is C26H26N6O2. The summed E-state index contributed by atoms with van der Waals surface area (Å²) in [7, 11) is 1.85. The fourth-order valence-electron chi connectivity index (χ4n) is 4.29. The highest BCUT2D eigenvalue weighted by atomic mass is 16.5. The van der Waals surface area contributed by atoms with Gasteiger partial charge in [-0.1, -0.05) is 6.58 Å². The molecule has 1 aliphatic rings. The average Bonchev–Trinajstić information content (AvgIpc) is 3.53. The van der Waals surface area contributed by atoms with Gasteiger partial charge in [0, 0.05) is 48.2 Å². The third-order valence-electron chi connectivity index (χ3n) is 6.02. The monoisotopic (exact) mass is 454 g/mol. The predicted octanol–water partition coefficient (Wildman–Crippen LogP) is 5.17. The van der Waals surface area contributed by atoms with Gasteiger partial charge in [-0.25, -0.2) is 9.97 Å². The van der Waals surface area contributed by atoms with Crippen molar-refractivity contribution in [1.82, 2.24) is 19.9 Å². The summed E-state index contributed by atoms with van der Waals surface area (Å²) in [6, 6.07) is 9.78. The van der Waals surface area contributed by atoms with Crippen molar-refractivity contribution in [2.24, 2.45) is 0 Å². The molecule has 0 aliphatic heterocycles. The van der Waals surface area contributed by atoms with E-state index in [1.165, 1.54) is 6.08 Å². The van der Waals surface area contributed by atoms with Gasteiger partial charge < -0.3 is 20.4 Å². The molecule has 8 nitrogen and oxygen atoms in total. The molecule has 0 radical (unpaired) electrons. The number of pyridine rings is 3. The molecule has 0 bridgehead atoms. The number of aromatic amines is 1. The Labute approximate surface area is 197 Å². The number of H-pyrrole nitrogens is 1. The molecule has 1 amide bonds. The second kappa shape index (κ2) is 9.35. The number of amides is 1. The summed E-state index contributed by atoms with van der Waals surface area (Å²) >= 11 is 0. The Hall–Kier alpha value is -4.20. The van der Waals surface area contributed by atoms with E-state index in [4.69, 9.17) is 4.74 Å².